The van der Waals surface area contributed by atoms with Crippen molar-refractivity contribution < 1.29 is 14.7 Å². The summed E-state index contributed by atoms with van der Waals surface area (Å²) in [6.07, 6.45) is 2.38. The number of anilines is 1. The van der Waals surface area contributed by atoms with Crippen molar-refractivity contribution in [1.82, 2.24) is 5.01 Å². The first-order chi connectivity index (χ1) is 7.16. The van der Waals surface area contributed by atoms with Crippen LogP contribution in [0, 0.1) is 0 Å². The summed E-state index contributed by atoms with van der Waals surface area (Å²) in [6.45, 7) is 0. The Hall–Kier alpha value is -2.30. The largest absolute Gasteiger partial charge is 0.508 e. The van der Waals surface area contributed by atoms with Gasteiger partial charge in [-0.3, -0.25) is 15.0 Å². The van der Waals surface area contributed by atoms with Crippen molar-refractivity contribution >= 4 is 17.5 Å². The fourth-order valence-corrected chi connectivity index (χ4v) is 1.18. The molecule has 2 N–H and O–H groups in total. The molecule has 0 aliphatic carbocycles. The van der Waals surface area contributed by atoms with Gasteiger partial charge in [-0.25, -0.2) is 0 Å². The van der Waals surface area contributed by atoms with Crippen molar-refractivity contribution in [3.8, 4) is 5.75 Å². The van der Waals surface area contributed by atoms with Gasteiger partial charge in [-0.2, -0.15) is 5.01 Å². The van der Waals surface area contributed by atoms with E-state index in [0.717, 1.165) is 5.01 Å². The lowest BCUT2D eigenvalue weighted by molar-refractivity contribution is -0.135. The monoisotopic (exact) mass is 204 g/mol. The molecule has 0 saturated heterocycles. The molecule has 0 fully saturated rings. The number of amides is 2. The Kier molecular flexibility index (Phi) is 2.13. The van der Waals surface area contributed by atoms with E-state index in [-0.39, 0.29) is 5.75 Å². The molecule has 1 heterocycles. The Morgan fingerprint density at radius 3 is 2.07 bits per heavy atom. The van der Waals surface area contributed by atoms with Crippen LogP contribution in [0.25, 0.3) is 0 Å². The molecule has 0 spiro atoms. The molecule has 1 aliphatic rings. The number of nitrogens with zero attached hydrogens (tertiary/aromatic N) is 1. The number of hydrazine groups is 1. The van der Waals surface area contributed by atoms with E-state index in [9.17, 15) is 9.59 Å². The van der Waals surface area contributed by atoms with Gasteiger partial charge in [-0.1, -0.05) is 0 Å². The van der Waals surface area contributed by atoms with Gasteiger partial charge in [0.2, 0.25) is 0 Å². The summed E-state index contributed by atoms with van der Waals surface area (Å²) in [5, 5.41) is 9.93. The van der Waals surface area contributed by atoms with E-state index in [0.29, 0.717) is 5.69 Å². The maximum Gasteiger partial charge on any atom is 0.272 e. The van der Waals surface area contributed by atoms with Crippen LogP contribution in [0.4, 0.5) is 5.69 Å². The summed E-state index contributed by atoms with van der Waals surface area (Å²) >= 11 is 0. The van der Waals surface area contributed by atoms with Gasteiger partial charge in [0.25, 0.3) is 11.8 Å². The van der Waals surface area contributed by atoms with Crippen molar-refractivity contribution in [3.63, 3.8) is 0 Å². The number of rotatable bonds is 2. The molecule has 0 unspecified atom stereocenters. The Labute approximate surface area is 85.6 Å². The average molecular weight is 204 g/mol. The van der Waals surface area contributed by atoms with Crippen molar-refractivity contribution in [3.05, 3.63) is 36.4 Å². The van der Waals surface area contributed by atoms with Crippen LogP contribution in [-0.2, 0) is 9.59 Å². The lowest BCUT2D eigenvalue weighted by Crippen LogP contribution is -2.35. The van der Waals surface area contributed by atoms with E-state index in [1.54, 1.807) is 12.1 Å². The van der Waals surface area contributed by atoms with Crippen molar-refractivity contribution in [2.45, 2.75) is 0 Å². The predicted octanol–water partition coefficient (Wildman–Crippen LogP) is 0.644. The third-order valence-electron chi connectivity index (χ3n) is 1.92. The molecule has 0 saturated carbocycles. The standard InChI is InChI=1S/C10H8N2O3/c13-8-3-1-7(2-4-8)11-12-9(14)5-6-10(12)15/h1-6,11,13H. The third-order valence-corrected chi connectivity index (χ3v) is 1.92. The summed E-state index contributed by atoms with van der Waals surface area (Å²) in [5.74, 6) is -0.695. The van der Waals surface area contributed by atoms with Gasteiger partial charge < -0.3 is 5.11 Å². The molecule has 0 bridgehead atoms. The number of hydrogen-bond acceptors (Lipinski definition) is 4. The van der Waals surface area contributed by atoms with Crippen LogP contribution >= 0.6 is 0 Å². The lowest BCUT2D eigenvalue weighted by Gasteiger charge is -2.15. The topological polar surface area (TPSA) is 69.6 Å². The van der Waals surface area contributed by atoms with Crippen LogP contribution in [0.15, 0.2) is 36.4 Å². The van der Waals surface area contributed by atoms with Crippen LogP contribution in [0.3, 0.4) is 0 Å². The number of hydrogen-bond donors (Lipinski definition) is 2. The number of carbonyl (C=O) groups excluding carboxylic acids is 2. The summed E-state index contributed by atoms with van der Waals surface area (Å²) in [4.78, 5) is 22.3. The SMILES string of the molecule is O=C1C=CC(=O)N1Nc1ccc(O)cc1. The highest BCUT2D eigenvalue weighted by Gasteiger charge is 2.23. The number of carbonyl (C=O) groups is 2. The third kappa shape index (κ3) is 1.80. The molecule has 0 radical (unpaired) electrons. The van der Waals surface area contributed by atoms with Gasteiger partial charge in [0.05, 0.1) is 5.69 Å². The normalized spacial score (nSPS) is 14.8. The number of aromatic hydroxyl groups is 1. The van der Waals surface area contributed by atoms with Crippen LogP contribution < -0.4 is 5.43 Å². The number of phenolic OH excluding ortho intramolecular Hbond substituents is 1. The van der Waals surface area contributed by atoms with Gasteiger partial charge in [-0.15, -0.1) is 0 Å². The van der Waals surface area contributed by atoms with Gasteiger partial charge >= 0.3 is 0 Å². The van der Waals surface area contributed by atoms with E-state index in [4.69, 9.17) is 5.11 Å². The fourth-order valence-electron chi connectivity index (χ4n) is 1.18. The highest BCUT2D eigenvalue weighted by Crippen LogP contribution is 2.15. The Morgan fingerprint density at radius 2 is 1.53 bits per heavy atom. The Bertz CT molecular complexity index is 418. The van der Waals surface area contributed by atoms with E-state index < -0.39 is 11.8 Å². The maximum atomic E-state index is 11.2. The van der Waals surface area contributed by atoms with Crippen LogP contribution in [0.1, 0.15) is 0 Å². The van der Waals surface area contributed by atoms with Gasteiger partial charge in [-0.05, 0) is 24.3 Å². The molecular formula is C10H8N2O3. The molecule has 1 aliphatic heterocycles. The summed E-state index contributed by atoms with van der Waals surface area (Å²) in [6, 6.07) is 6.05. The van der Waals surface area contributed by atoms with E-state index in [1.165, 1.54) is 24.3 Å². The van der Waals surface area contributed by atoms with E-state index in [2.05, 4.69) is 5.43 Å². The lowest BCUT2D eigenvalue weighted by atomic mass is 10.3. The zero-order valence-corrected chi connectivity index (χ0v) is 7.68. The average Bonchev–Trinajstić information content (AvgIpc) is 2.53. The van der Waals surface area contributed by atoms with Crippen molar-refractivity contribution in [2.24, 2.45) is 0 Å². The molecule has 2 amide bonds. The zero-order valence-electron chi connectivity index (χ0n) is 7.68. The Morgan fingerprint density at radius 1 is 1.00 bits per heavy atom. The molecule has 5 heteroatoms. The molecule has 0 atom stereocenters. The minimum absolute atomic E-state index is 0.123. The molecule has 0 aromatic heterocycles. The fraction of sp³-hybridized carbons (Fsp3) is 0. The second kappa shape index (κ2) is 3.45. The highest BCUT2D eigenvalue weighted by atomic mass is 16.3. The predicted molar refractivity (Wildman–Crippen MR) is 52.7 cm³/mol. The van der Waals surface area contributed by atoms with Crippen molar-refractivity contribution in [1.29, 1.82) is 0 Å². The molecule has 1 aromatic rings. The van der Waals surface area contributed by atoms with Crippen LogP contribution in [0.2, 0.25) is 0 Å². The van der Waals surface area contributed by atoms with E-state index >= 15 is 0 Å². The van der Waals surface area contributed by atoms with Crippen LogP contribution in [0.5, 0.6) is 5.75 Å². The molecule has 5 nitrogen and oxygen atoms in total. The quantitative estimate of drug-likeness (QED) is 0.548. The summed E-state index contributed by atoms with van der Waals surface area (Å²) < 4.78 is 0. The van der Waals surface area contributed by atoms with Gasteiger partial charge in [0, 0.05) is 12.2 Å². The first-order valence-corrected chi connectivity index (χ1v) is 4.28. The second-order valence-corrected chi connectivity index (χ2v) is 3.00. The number of nitrogens with one attached hydrogen (secondary N) is 1. The highest BCUT2D eigenvalue weighted by molar-refractivity contribution is 6.13. The molecule has 2 rings (SSSR count). The minimum atomic E-state index is -0.409. The maximum absolute atomic E-state index is 11.2. The number of phenols is 1. The smallest absolute Gasteiger partial charge is 0.272 e. The van der Waals surface area contributed by atoms with Gasteiger partial charge in [0.1, 0.15) is 5.75 Å². The van der Waals surface area contributed by atoms with Crippen molar-refractivity contribution in [2.75, 3.05) is 5.43 Å². The minimum Gasteiger partial charge on any atom is -0.508 e. The molecule has 1 aromatic carbocycles. The zero-order chi connectivity index (χ0) is 10.8. The number of benzene rings is 1. The molecule has 15 heavy (non-hydrogen) atoms. The summed E-state index contributed by atoms with van der Waals surface area (Å²) in [7, 11) is 0. The molecule has 76 valence electrons. The number of imide groups is 1. The van der Waals surface area contributed by atoms with E-state index in [1.807, 2.05) is 0 Å². The van der Waals surface area contributed by atoms with Crippen LogP contribution in [-0.4, -0.2) is 21.9 Å². The second-order valence-electron chi connectivity index (χ2n) is 3.00. The first kappa shape index (κ1) is 9.26. The summed E-state index contributed by atoms with van der Waals surface area (Å²) in [5.41, 5.74) is 3.18. The van der Waals surface area contributed by atoms with Gasteiger partial charge in [0.15, 0.2) is 0 Å². The molecular weight excluding hydrogens is 196 g/mol. The Balaban J connectivity index is 2.12. The first-order valence-electron chi connectivity index (χ1n) is 4.28.